The molecule has 140 valence electrons. The van der Waals surface area contributed by atoms with Crippen LogP contribution in [0.2, 0.25) is 0 Å². The van der Waals surface area contributed by atoms with E-state index in [0.29, 0.717) is 13.0 Å². The Bertz CT molecular complexity index is 946. The van der Waals surface area contributed by atoms with Gasteiger partial charge in [0.05, 0.1) is 24.1 Å². The lowest BCUT2D eigenvalue weighted by Crippen LogP contribution is -2.40. The van der Waals surface area contributed by atoms with Crippen LogP contribution >= 0.6 is 0 Å². The fourth-order valence-corrected chi connectivity index (χ4v) is 3.86. The molecule has 1 aliphatic rings. The van der Waals surface area contributed by atoms with Crippen molar-refractivity contribution in [3.63, 3.8) is 0 Å². The fraction of sp³-hybridized carbons (Fsp3) is 0.364. The van der Waals surface area contributed by atoms with Crippen LogP contribution in [-0.4, -0.2) is 39.0 Å². The number of hydrogen-bond acceptors (Lipinski definition) is 3. The van der Waals surface area contributed by atoms with Crippen molar-refractivity contribution in [1.29, 1.82) is 0 Å². The molecule has 0 spiro atoms. The molecule has 0 saturated carbocycles. The molecular formula is C22H25N3O2. The summed E-state index contributed by atoms with van der Waals surface area (Å²) in [6, 6.07) is 13.8. The van der Waals surface area contributed by atoms with Crippen molar-refractivity contribution >= 4 is 16.9 Å². The molecule has 1 aliphatic heterocycles. The third-order valence-corrected chi connectivity index (χ3v) is 5.45. The van der Waals surface area contributed by atoms with Gasteiger partial charge < -0.3 is 15.0 Å². The highest BCUT2D eigenvalue weighted by atomic mass is 16.3. The van der Waals surface area contributed by atoms with Gasteiger partial charge in [-0.2, -0.15) is 0 Å². The molecule has 5 heteroatoms. The van der Waals surface area contributed by atoms with Crippen molar-refractivity contribution < 1.29 is 9.90 Å². The Kier molecular flexibility index (Phi) is 4.94. The highest BCUT2D eigenvalue weighted by molar-refractivity contribution is 5.80. The molecule has 1 amide bonds. The van der Waals surface area contributed by atoms with E-state index in [2.05, 4.69) is 24.0 Å². The van der Waals surface area contributed by atoms with E-state index >= 15 is 0 Å². The summed E-state index contributed by atoms with van der Waals surface area (Å²) in [4.78, 5) is 23.0. The van der Waals surface area contributed by atoms with Gasteiger partial charge in [0.15, 0.2) is 0 Å². The van der Waals surface area contributed by atoms with Crippen LogP contribution in [0, 0.1) is 6.92 Å². The Morgan fingerprint density at radius 1 is 1.22 bits per heavy atom. The molecule has 2 N–H and O–H groups in total. The van der Waals surface area contributed by atoms with E-state index in [9.17, 15) is 4.79 Å². The zero-order valence-corrected chi connectivity index (χ0v) is 15.6. The van der Waals surface area contributed by atoms with Crippen molar-refractivity contribution in [2.45, 2.75) is 38.7 Å². The first-order valence-electron chi connectivity index (χ1n) is 9.55. The maximum atomic E-state index is 12.8. The minimum absolute atomic E-state index is 0.0268. The SMILES string of the molecule is Cc1cccc2[nH]c([C@H]3CCCN(C(=O)Cc4ccc(CO)cc4)C3)nc12. The lowest BCUT2D eigenvalue weighted by Gasteiger charge is -2.32. The van der Waals surface area contributed by atoms with Gasteiger partial charge in [0.25, 0.3) is 0 Å². The zero-order valence-electron chi connectivity index (χ0n) is 15.6. The Labute approximate surface area is 159 Å². The standard InChI is InChI=1S/C22H25N3O2/c1-15-4-2-6-19-21(15)24-22(23-19)18-5-3-11-25(13-18)20(27)12-16-7-9-17(14-26)10-8-16/h2,4,6-10,18,26H,3,5,11-14H2,1H3,(H,23,24)/t18-/m0/s1. The number of likely N-dealkylation sites (tertiary alicyclic amines) is 1. The molecule has 0 aliphatic carbocycles. The molecule has 2 aromatic carbocycles. The zero-order chi connectivity index (χ0) is 18.8. The molecule has 5 nitrogen and oxygen atoms in total. The third-order valence-electron chi connectivity index (χ3n) is 5.45. The van der Waals surface area contributed by atoms with Crippen molar-refractivity contribution in [3.8, 4) is 0 Å². The third kappa shape index (κ3) is 3.74. The second-order valence-corrected chi connectivity index (χ2v) is 7.42. The summed E-state index contributed by atoms with van der Waals surface area (Å²) in [5.41, 5.74) is 5.12. The number of nitrogens with one attached hydrogen (secondary N) is 1. The predicted octanol–water partition coefficient (Wildman–Crippen LogP) is 3.31. The number of amides is 1. The molecule has 1 fully saturated rings. The van der Waals surface area contributed by atoms with Gasteiger partial charge in [0.2, 0.25) is 5.91 Å². The van der Waals surface area contributed by atoms with Crippen LogP contribution in [0.3, 0.4) is 0 Å². The highest BCUT2D eigenvalue weighted by Gasteiger charge is 2.26. The number of H-pyrrole nitrogens is 1. The van der Waals surface area contributed by atoms with Crippen LogP contribution < -0.4 is 0 Å². The van der Waals surface area contributed by atoms with Crippen LogP contribution in [-0.2, 0) is 17.8 Å². The lowest BCUT2D eigenvalue weighted by molar-refractivity contribution is -0.131. The molecule has 1 aromatic heterocycles. The van der Waals surface area contributed by atoms with E-state index in [-0.39, 0.29) is 18.4 Å². The first kappa shape index (κ1) is 17.7. The van der Waals surface area contributed by atoms with Gasteiger partial charge in [-0.3, -0.25) is 4.79 Å². The van der Waals surface area contributed by atoms with Crippen LogP contribution in [0.15, 0.2) is 42.5 Å². The number of carbonyl (C=O) groups is 1. The summed E-state index contributed by atoms with van der Waals surface area (Å²) in [5, 5.41) is 9.14. The number of nitrogens with zero attached hydrogens (tertiary/aromatic N) is 2. The number of benzene rings is 2. The number of rotatable bonds is 4. The van der Waals surface area contributed by atoms with Crippen LogP contribution in [0.25, 0.3) is 11.0 Å². The molecule has 2 heterocycles. The largest absolute Gasteiger partial charge is 0.392 e. The topological polar surface area (TPSA) is 69.2 Å². The smallest absolute Gasteiger partial charge is 0.227 e. The number of hydrogen-bond donors (Lipinski definition) is 2. The molecule has 1 atom stereocenters. The van der Waals surface area contributed by atoms with Crippen molar-refractivity contribution in [1.82, 2.24) is 14.9 Å². The van der Waals surface area contributed by atoms with E-state index in [1.165, 1.54) is 5.56 Å². The van der Waals surface area contributed by atoms with Crippen molar-refractivity contribution in [2.75, 3.05) is 13.1 Å². The van der Waals surface area contributed by atoms with Crippen LogP contribution in [0.1, 0.15) is 41.3 Å². The second-order valence-electron chi connectivity index (χ2n) is 7.42. The molecule has 27 heavy (non-hydrogen) atoms. The Morgan fingerprint density at radius 3 is 2.74 bits per heavy atom. The minimum Gasteiger partial charge on any atom is -0.392 e. The van der Waals surface area contributed by atoms with Gasteiger partial charge in [-0.1, -0.05) is 36.4 Å². The van der Waals surface area contributed by atoms with E-state index in [1.807, 2.05) is 35.2 Å². The lowest BCUT2D eigenvalue weighted by atomic mass is 9.96. The van der Waals surface area contributed by atoms with Gasteiger partial charge in [0, 0.05) is 19.0 Å². The van der Waals surface area contributed by atoms with E-state index in [4.69, 9.17) is 10.1 Å². The molecule has 0 radical (unpaired) electrons. The van der Waals surface area contributed by atoms with Crippen molar-refractivity contribution in [2.24, 2.45) is 0 Å². The summed E-state index contributed by atoms with van der Waals surface area (Å²) >= 11 is 0. The molecule has 1 saturated heterocycles. The van der Waals surface area contributed by atoms with Gasteiger partial charge in [-0.05, 0) is 42.5 Å². The van der Waals surface area contributed by atoms with Crippen LogP contribution in [0.5, 0.6) is 0 Å². The Hall–Kier alpha value is -2.66. The number of carbonyl (C=O) groups excluding carboxylic acids is 1. The number of aliphatic hydroxyl groups excluding tert-OH is 1. The van der Waals surface area contributed by atoms with E-state index in [0.717, 1.165) is 47.4 Å². The fourth-order valence-electron chi connectivity index (χ4n) is 3.86. The molecule has 4 rings (SSSR count). The Balaban J connectivity index is 1.46. The summed E-state index contributed by atoms with van der Waals surface area (Å²) in [6.45, 7) is 3.63. The molecule has 3 aromatic rings. The number of fused-ring (bicyclic) bond motifs is 1. The van der Waals surface area contributed by atoms with Crippen LogP contribution in [0.4, 0.5) is 0 Å². The summed E-state index contributed by atoms with van der Waals surface area (Å²) in [6.07, 6.45) is 2.45. The number of aliphatic hydroxyl groups is 1. The number of aromatic amines is 1. The summed E-state index contributed by atoms with van der Waals surface area (Å²) < 4.78 is 0. The average Bonchev–Trinajstić information content (AvgIpc) is 3.14. The quantitative estimate of drug-likeness (QED) is 0.747. The monoisotopic (exact) mass is 363 g/mol. The number of piperidine rings is 1. The average molecular weight is 363 g/mol. The minimum atomic E-state index is 0.0268. The highest BCUT2D eigenvalue weighted by Crippen LogP contribution is 2.28. The summed E-state index contributed by atoms with van der Waals surface area (Å²) in [5.74, 6) is 1.40. The van der Waals surface area contributed by atoms with Gasteiger partial charge in [-0.25, -0.2) is 4.98 Å². The maximum absolute atomic E-state index is 12.8. The first-order chi connectivity index (χ1) is 13.1. The van der Waals surface area contributed by atoms with E-state index in [1.54, 1.807) is 0 Å². The predicted molar refractivity (Wildman–Crippen MR) is 105 cm³/mol. The number of aryl methyl sites for hydroxylation is 1. The van der Waals surface area contributed by atoms with Gasteiger partial charge >= 0.3 is 0 Å². The maximum Gasteiger partial charge on any atom is 0.227 e. The Morgan fingerprint density at radius 2 is 2.00 bits per heavy atom. The number of para-hydroxylation sites is 1. The van der Waals surface area contributed by atoms with Gasteiger partial charge in [-0.15, -0.1) is 0 Å². The molecule has 0 unspecified atom stereocenters. The van der Waals surface area contributed by atoms with Crippen molar-refractivity contribution in [3.05, 3.63) is 65.0 Å². The molecule has 0 bridgehead atoms. The number of aromatic nitrogens is 2. The number of imidazole rings is 1. The summed E-state index contributed by atoms with van der Waals surface area (Å²) in [7, 11) is 0. The second kappa shape index (κ2) is 7.53. The van der Waals surface area contributed by atoms with E-state index < -0.39 is 0 Å². The van der Waals surface area contributed by atoms with Gasteiger partial charge in [0.1, 0.15) is 5.82 Å². The molecular weight excluding hydrogens is 338 g/mol. The normalized spacial score (nSPS) is 17.4. The first-order valence-corrected chi connectivity index (χ1v) is 9.55.